The Balaban J connectivity index is 1.64. The largest absolute Gasteiger partial charge is 0.510 e. The molecule has 2 N–H and O–H groups in total. The maximum atomic E-state index is 11.8. The number of aliphatic hydroxyl groups excluding tert-OH is 1. The van der Waals surface area contributed by atoms with Crippen LogP contribution in [0.4, 0.5) is 4.79 Å². The second-order valence-corrected chi connectivity index (χ2v) is 6.87. The minimum absolute atomic E-state index is 0.142. The van der Waals surface area contributed by atoms with Crippen LogP contribution in [0, 0.1) is 12.3 Å². The number of aromatic nitrogens is 1. The van der Waals surface area contributed by atoms with E-state index in [2.05, 4.69) is 4.98 Å². The minimum atomic E-state index is -0.271. The van der Waals surface area contributed by atoms with Crippen molar-refractivity contribution in [2.24, 2.45) is 0 Å². The summed E-state index contributed by atoms with van der Waals surface area (Å²) in [7, 11) is 0. The van der Waals surface area contributed by atoms with E-state index < -0.39 is 0 Å². The third-order valence-electron chi connectivity index (χ3n) is 4.40. The highest BCUT2D eigenvalue weighted by Gasteiger charge is 2.36. The molecule has 1 saturated heterocycles. The zero-order chi connectivity index (χ0) is 17.3. The molecule has 1 amide bonds. The van der Waals surface area contributed by atoms with Gasteiger partial charge in [-0.15, -0.1) is 11.3 Å². The van der Waals surface area contributed by atoms with Crippen LogP contribution in [-0.4, -0.2) is 64.1 Å². The number of ether oxygens (including phenoxy) is 1. The number of amides is 1. The summed E-state index contributed by atoms with van der Waals surface area (Å²) in [5.41, 5.74) is 1.44. The van der Waals surface area contributed by atoms with Crippen molar-refractivity contribution >= 4 is 28.8 Å². The molecule has 0 aromatic carbocycles. The molecule has 0 aliphatic carbocycles. The first-order chi connectivity index (χ1) is 11.5. The van der Waals surface area contributed by atoms with Gasteiger partial charge in [0.15, 0.2) is 0 Å². The predicted molar refractivity (Wildman–Crippen MR) is 92.4 cm³/mol. The Kier molecular flexibility index (Phi) is 4.75. The third-order valence-corrected chi connectivity index (χ3v) is 5.37. The topological polar surface area (TPSA) is 89.8 Å². The molecule has 3 rings (SSSR count). The van der Waals surface area contributed by atoms with Gasteiger partial charge in [-0.3, -0.25) is 5.41 Å². The number of thiazole rings is 1. The standard InChI is InChI=1S/C16H22N4O3S/c1-3-23-16(22)19-6-4-11(5-7-19)20-8-12(21)13(14(20)17)15-18-10(2)9-24-15/h9,11,17,21H,3-8H2,1-2H3. The van der Waals surface area contributed by atoms with E-state index in [-0.39, 0.29) is 17.9 Å². The van der Waals surface area contributed by atoms with E-state index in [9.17, 15) is 9.90 Å². The highest BCUT2D eigenvalue weighted by molar-refractivity contribution is 7.11. The summed E-state index contributed by atoms with van der Waals surface area (Å²) in [6, 6.07) is 0.142. The van der Waals surface area contributed by atoms with Gasteiger partial charge in [0, 0.05) is 30.2 Å². The molecule has 0 spiro atoms. The number of nitrogens with one attached hydrogen (secondary N) is 1. The number of carbonyl (C=O) groups is 1. The third kappa shape index (κ3) is 3.10. The Morgan fingerprint density at radius 3 is 2.79 bits per heavy atom. The predicted octanol–water partition coefficient (Wildman–Crippen LogP) is 2.63. The molecule has 8 heteroatoms. The second kappa shape index (κ2) is 6.80. The van der Waals surface area contributed by atoms with E-state index in [1.165, 1.54) is 11.3 Å². The monoisotopic (exact) mass is 350 g/mol. The van der Waals surface area contributed by atoms with Crippen LogP contribution in [0.3, 0.4) is 0 Å². The van der Waals surface area contributed by atoms with Gasteiger partial charge in [-0.2, -0.15) is 0 Å². The van der Waals surface area contributed by atoms with Crippen molar-refractivity contribution in [3.05, 3.63) is 21.8 Å². The molecule has 3 heterocycles. The number of nitrogens with zero attached hydrogens (tertiary/aromatic N) is 3. The Hall–Kier alpha value is -2.09. The van der Waals surface area contributed by atoms with Crippen LogP contribution in [0.1, 0.15) is 30.5 Å². The first-order valence-electron chi connectivity index (χ1n) is 8.13. The molecule has 2 aliphatic heterocycles. The van der Waals surface area contributed by atoms with Gasteiger partial charge >= 0.3 is 6.09 Å². The lowest BCUT2D eigenvalue weighted by Gasteiger charge is -2.37. The summed E-state index contributed by atoms with van der Waals surface area (Å²) in [6.45, 7) is 5.64. The fraction of sp³-hybridized carbons (Fsp3) is 0.562. The summed E-state index contributed by atoms with van der Waals surface area (Å²) in [6.07, 6.45) is 1.25. The van der Waals surface area contributed by atoms with Gasteiger partial charge in [0.05, 0.1) is 18.7 Å². The first kappa shape index (κ1) is 16.8. The van der Waals surface area contributed by atoms with Crippen molar-refractivity contribution < 1.29 is 14.6 Å². The summed E-state index contributed by atoms with van der Waals surface area (Å²) < 4.78 is 5.03. The highest BCUT2D eigenvalue weighted by atomic mass is 32.1. The van der Waals surface area contributed by atoms with Crippen molar-refractivity contribution in [3.8, 4) is 0 Å². The Bertz CT molecular complexity index is 677. The second-order valence-electron chi connectivity index (χ2n) is 6.01. The number of carbonyl (C=O) groups excluding carboxylic acids is 1. The molecule has 0 unspecified atom stereocenters. The molecule has 0 atom stereocenters. The molecule has 2 aliphatic rings. The number of amidine groups is 1. The summed E-state index contributed by atoms with van der Waals surface area (Å²) in [5.74, 6) is 0.540. The number of aliphatic hydroxyl groups is 1. The normalized spacial score (nSPS) is 19.3. The van der Waals surface area contributed by atoms with E-state index in [0.717, 1.165) is 18.5 Å². The molecule has 24 heavy (non-hydrogen) atoms. The van der Waals surface area contributed by atoms with Gasteiger partial charge in [-0.05, 0) is 26.7 Å². The fourth-order valence-corrected chi connectivity index (χ4v) is 4.04. The van der Waals surface area contributed by atoms with Gasteiger partial charge < -0.3 is 19.6 Å². The lowest BCUT2D eigenvalue weighted by molar-refractivity contribution is 0.0876. The lowest BCUT2D eigenvalue weighted by atomic mass is 10.0. The van der Waals surface area contributed by atoms with Crippen LogP contribution < -0.4 is 0 Å². The molecule has 0 radical (unpaired) electrons. The number of aryl methyl sites for hydroxylation is 1. The number of hydrogen-bond donors (Lipinski definition) is 2. The molecule has 0 saturated carbocycles. The van der Waals surface area contributed by atoms with Crippen LogP contribution >= 0.6 is 11.3 Å². The van der Waals surface area contributed by atoms with Crippen LogP contribution in [0.15, 0.2) is 11.1 Å². The summed E-state index contributed by atoms with van der Waals surface area (Å²) in [4.78, 5) is 19.8. The van der Waals surface area contributed by atoms with Gasteiger partial charge in [0.2, 0.25) is 0 Å². The van der Waals surface area contributed by atoms with Gasteiger partial charge in [-0.1, -0.05) is 0 Å². The smallest absolute Gasteiger partial charge is 0.409 e. The minimum Gasteiger partial charge on any atom is -0.510 e. The Morgan fingerprint density at radius 2 is 2.21 bits per heavy atom. The molecule has 130 valence electrons. The van der Waals surface area contributed by atoms with Crippen molar-refractivity contribution in [3.63, 3.8) is 0 Å². The van der Waals surface area contributed by atoms with E-state index in [0.29, 0.717) is 42.7 Å². The van der Waals surface area contributed by atoms with Crippen LogP contribution in [0.5, 0.6) is 0 Å². The molecular formula is C16H22N4O3S. The van der Waals surface area contributed by atoms with E-state index >= 15 is 0 Å². The van der Waals surface area contributed by atoms with Crippen LogP contribution in [0.2, 0.25) is 0 Å². The Labute approximate surface area is 145 Å². The van der Waals surface area contributed by atoms with Crippen molar-refractivity contribution in [1.29, 1.82) is 5.41 Å². The average molecular weight is 350 g/mol. The van der Waals surface area contributed by atoms with E-state index in [1.54, 1.807) is 11.8 Å². The summed E-state index contributed by atoms with van der Waals surface area (Å²) in [5, 5.41) is 21.4. The Morgan fingerprint density at radius 1 is 1.50 bits per heavy atom. The van der Waals surface area contributed by atoms with Crippen LogP contribution in [-0.2, 0) is 4.74 Å². The zero-order valence-electron chi connectivity index (χ0n) is 13.9. The van der Waals surface area contributed by atoms with E-state index in [1.807, 2.05) is 17.2 Å². The van der Waals surface area contributed by atoms with Crippen molar-refractivity contribution in [2.75, 3.05) is 26.2 Å². The molecule has 1 fully saturated rings. The molecular weight excluding hydrogens is 328 g/mol. The number of hydrogen-bond acceptors (Lipinski definition) is 6. The maximum absolute atomic E-state index is 11.8. The number of rotatable bonds is 3. The molecule has 1 aromatic rings. The fourth-order valence-electron chi connectivity index (χ4n) is 3.18. The maximum Gasteiger partial charge on any atom is 0.409 e. The van der Waals surface area contributed by atoms with Crippen LogP contribution in [0.25, 0.3) is 5.57 Å². The molecule has 7 nitrogen and oxygen atoms in total. The first-order valence-corrected chi connectivity index (χ1v) is 9.01. The van der Waals surface area contributed by atoms with Gasteiger partial charge in [0.1, 0.15) is 16.6 Å². The van der Waals surface area contributed by atoms with E-state index in [4.69, 9.17) is 10.1 Å². The summed E-state index contributed by atoms with van der Waals surface area (Å²) >= 11 is 1.45. The molecule has 0 bridgehead atoms. The van der Waals surface area contributed by atoms with Gasteiger partial charge in [-0.25, -0.2) is 9.78 Å². The van der Waals surface area contributed by atoms with Gasteiger partial charge in [0.25, 0.3) is 0 Å². The van der Waals surface area contributed by atoms with Crippen molar-refractivity contribution in [1.82, 2.24) is 14.8 Å². The SMILES string of the molecule is CCOC(=O)N1CCC(N2CC(O)=C(c3nc(C)cs3)C2=N)CC1. The lowest BCUT2D eigenvalue weighted by Crippen LogP contribution is -2.47. The quantitative estimate of drug-likeness (QED) is 0.875. The average Bonchev–Trinajstić information content (AvgIpc) is 3.11. The molecule has 1 aromatic heterocycles. The number of likely N-dealkylation sites (tertiary alicyclic amines) is 1. The number of piperidine rings is 1. The zero-order valence-corrected chi connectivity index (χ0v) is 14.7. The van der Waals surface area contributed by atoms with Crippen molar-refractivity contribution in [2.45, 2.75) is 32.7 Å². The highest BCUT2D eigenvalue weighted by Crippen LogP contribution is 2.32.